The first-order chi connectivity index (χ1) is 18.6. The maximum absolute atomic E-state index is 15.0. The van der Waals surface area contributed by atoms with Gasteiger partial charge < -0.3 is 10.5 Å². The zero-order chi connectivity index (χ0) is 28.0. The number of guanidine groups is 1. The first kappa shape index (κ1) is 28.5. The van der Waals surface area contributed by atoms with Gasteiger partial charge in [-0.15, -0.1) is 0 Å². The normalized spacial score (nSPS) is 21.4. The van der Waals surface area contributed by atoms with Gasteiger partial charge in [0, 0.05) is 23.6 Å². The Hall–Kier alpha value is -3.47. The number of phenols is 1. The number of alkyl halides is 3. The predicted molar refractivity (Wildman–Crippen MR) is 141 cm³/mol. The van der Waals surface area contributed by atoms with Gasteiger partial charge in [0.15, 0.2) is 0 Å². The third-order valence-electron chi connectivity index (χ3n) is 7.16. The van der Waals surface area contributed by atoms with Gasteiger partial charge in [-0.1, -0.05) is 45.1 Å². The van der Waals surface area contributed by atoms with Crippen LogP contribution in [-0.4, -0.2) is 28.9 Å². The summed E-state index contributed by atoms with van der Waals surface area (Å²) in [6, 6.07) is 7.96. The molecule has 0 spiro atoms. The van der Waals surface area contributed by atoms with Crippen LogP contribution >= 0.6 is 0 Å². The lowest BCUT2D eigenvalue weighted by Gasteiger charge is -2.29. The monoisotopic (exact) mass is 547 g/mol. The van der Waals surface area contributed by atoms with Crippen LogP contribution in [0.1, 0.15) is 86.2 Å². The Balaban J connectivity index is 1.59. The van der Waals surface area contributed by atoms with E-state index in [1.807, 2.05) is 0 Å². The number of hydrogen-bond donors (Lipinski definition) is 4. The number of carbonyl (C=O) groups is 1. The van der Waals surface area contributed by atoms with Gasteiger partial charge in [0.2, 0.25) is 5.96 Å². The van der Waals surface area contributed by atoms with Crippen LogP contribution in [0.15, 0.2) is 52.4 Å². The average Bonchev–Trinajstić information content (AvgIpc) is 3.54. The zero-order valence-electron chi connectivity index (χ0n) is 21.7. The van der Waals surface area contributed by atoms with Crippen molar-refractivity contribution in [2.75, 3.05) is 0 Å². The largest absolute Gasteiger partial charge is 0.508 e. The number of aromatic hydroxyl groups is 1. The van der Waals surface area contributed by atoms with Crippen LogP contribution < -0.4 is 16.2 Å². The lowest BCUT2D eigenvalue weighted by molar-refractivity contribution is -0.137. The van der Waals surface area contributed by atoms with Crippen molar-refractivity contribution in [1.82, 2.24) is 16.2 Å². The molecule has 0 bridgehead atoms. The molecule has 2 aromatic carbocycles. The van der Waals surface area contributed by atoms with Crippen molar-refractivity contribution in [2.45, 2.75) is 82.5 Å². The molecule has 1 heterocycles. The van der Waals surface area contributed by atoms with Crippen molar-refractivity contribution in [1.29, 1.82) is 0 Å². The van der Waals surface area contributed by atoms with Crippen molar-refractivity contribution >= 4 is 17.7 Å². The van der Waals surface area contributed by atoms with Crippen LogP contribution in [0.2, 0.25) is 0 Å². The third kappa shape index (κ3) is 7.14. The van der Waals surface area contributed by atoms with Gasteiger partial charge in [0.1, 0.15) is 17.4 Å². The molecule has 210 valence electrons. The van der Waals surface area contributed by atoms with E-state index in [-0.39, 0.29) is 29.7 Å². The lowest BCUT2D eigenvalue weighted by Crippen LogP contribution is -2.42. The molecule has 1 unspecified atom stereocenters. The molecule has 11 heteroatoms. The second kappa shape index (κ2) is 12.1. The smallest absolute Gasteiger partial charge is 0.416 e. The molecule has 1 saturated heterocycles. The van der Waals surface area contributed by atoms with Crippen LogP contribution in [0.3, 0.4) is 0 Å². The van der Waals surface area contributed by atoms with Crippen molar-refractivity contribution in [3.63, 3.8) is 0 Å². The molecule has 1 aliphatic carbocycles. The van der Waals surface area contributed by atoms with Crippen LogP contribution in [0.4, 0.5) is 17.6 Å². The Labute approximate surface area is 224 Å². The van der Waals surface area contributed by atoms with E-state index in [4.69, 9.17) is 0 Å². The second-order valence-electron chi connectivity index (χ2n) is 10.1. The van der Waals surface area contributed by atoms with Gasteiger partial charge in [0.25, 0.3) is 5.91 Å². The highest BCUT2D eigenvalue weighted by atomic mass is 19.4. The highest BCUT2D eigenvalue weighted by Gasteiger charge is 2.40. The lowest BCUT2D eigenvalue weighted by atomic mass is 9.82. The first-order valence-corrected chi connectivity index (χ1v) is 13.3. The average molecular weight is 548 g/mol. The predicted octanol–water partition coefficient (Wildman–Crippen LogP) is 5.95. The van der Waals surface area contributed by atoms with Crippen molar-refractivity contribution < 1.29 is 27.5 Å². The van der Waals surface area contributed by atoms with Gasteiger partial charge in [0.05, 0.1) is 17.1 Å². The number of halogens is 4. The van der Waals surface area contributed by atoms with Crippen molar-refractivity contribution in [3.8, 4) is 5.75 Å². The molecule has 39 heavy (non-hydrogen) atoms. The van der Waals surface area contributed by atoms with E-state index < -0.39 is 29.0 Å². The summed E-state index contributed by atoms with van der Waals surface area (Å²) in [5.74, 6) is -0.862. The molecule has 2 aromatic rings. The number of unbranched alkanes of at least 4 members (excludes halogenated alkanes) is 2. The molecule has 1 atom stereocenters. The molecule has 2 fully saturated rings. The molecule has 0 aromatic heterocycles. The molecule has 2 aliphatic rings. The van der Waals surface area contributed by atoms with E-state index in [0.29, 0.717) is 17.8 Å². The summed E-state index contributed by atoms with van der Waals surface area (Å²) in [5.41, 5.74) is 4.95. The Bertz CT molecular complexity index is 1220. The summed E-state index contributed by atoms with van der Waals surface area (Å²) < 4.78 is 53.7. The fourth-order valence-electron chi connectivity index (χ4n) is 5.06. The van der Waals surface area contributed by atoms with E-state index in [0.717, 1.165) is 75.3 Å². The number of hydrazine groups is 1. The van der Waals surface area contributed by atoms with Crippen LogP contribution in [0, 0.1) is 5.82 Å². The number of nitrogens with one attached hydrogen (secondary N) is 3. The topological polar surface area (TPSA) is 98.1 Å². The Morgan fingerprint density at radius 3 is 2.49 bits per heavy atom. The number of nitrogens with zero attached hydrogens (tertiary/aromatic N) is 2. The molecule has 1 amide bonds. The van der Waals surface area contributed by atoms with E-state index >= 15 is 0 Å². The zero-order valence-corrected chi connectivity index (χ0v) is 21.7. The van der Waals surface area contributed by atoms with E-state index in [9.17, 15) is 27.5 Å². The maximum atomic E-state index is 15.0. The molecule has 4 N–H and O–H groups in total. The summed E-state index contributed by atoms with van der Waals surface area (Å²) in [7, 11) is 0. The number of hydrogen-bond acceptors (Lipinski definition) is 4. The minimum absolute atomic E-state index is 0.0320. The summed E-state index contributed by atoms with van der Waals surface area (Å²) >= 11 is 0. The SMILES string of the molecule is CCCCCC1(c2ccc(O)cc2F)CC(=NC(=NC2CCCC2)NC(=O)c2ccc(C(F)(F)F)cc2)NN1. The molecule has 1 aliphatic heterocycles. The quantitative estimate of drug-likeness (QED) is 0.149. The summed E-state index contributed by atoms with van der Waals surface area (Å²) in [5, 5.41) is 12.4. The Morgan fingerprint density at radius 1 is 1.13 bits per heavy atom. The standard InChI is InChI=1S/C28H33F4N5O2/c1-2-3-6-15-27(22-14-13-21(38)16-23(22)29)17-24(36-37-27)34-26(33-20-7-4-5-8-20)35-25(39)18-9-11-19(12-10-18)28(30,31)32/h9-14,16,20,37-38H,2-8,15,17H2,1H3,(H2,33,34,35,36,39). The van der Waals surface area contributed by atoms with Gasteiger partial charge >= 0.3 is 6.18 Å². The molecular weight excluding hydrogens is 514 g/mol. The van der Waals surface area contributed by atoms with Crippen LogP contribution in [0.25, 0.3) is 0 Å². The Kier molecular flexibility index (Phi) is 8.89. The van der Waals surface area contributed by atoms with Gasteiger partial charge in [-0.05, 0) is 49.6 Å². The van der Waals surface area contributed by atoms with Gasteiger partial charge in [-0.3, -0.25) is 10.1 Å². The van der Waals surface area contributed by atoms with Gasteiger partial charge in [-0.25, -0.2) is 14.8 Å². The van der Waals surface area contributed by atoms with Crippen LogP contribution in [0.5, 0.6) is 5.75 Å². The van der Waals surface area contributed by atoms with Crippen LogP contribution in [-0.2, 0) is 11.7 Å². The third-order valence-corrected chi connectivity index (χ3v) is 7.16. The van der Waals surface area contributed by atoms with Crippen molar-refractivity contribution in [2.24, 2.45) is 9.98 Å². The second-order valence-corrected chi connectivity index (χ2v) is 10.1. The van der Waals surface area contributed by atoms with Gasteiger partial charge in [-0.2, -0.15) is 18.2 Å². The van der Waals surface area contributed by atoms with E-state index in [1.165, 1.54) is 6.07 Å². The summed E-state index contributed by atoms with van der Waals surface area (Å²) in [6.07, 6.45) is 2.83. The fourth-order valence-corrected chi connectivity index (χ4v) is 5.06. The minimum Gasteiger partial charge on any atom is -0.508 e. The van der Waals surface area contributed by atoms with E-state index in [1.54, 1.807) is 6.07 Å². The maximum Gasteiger partial charge on any atom is 0.416 e. The number of aliphatic imine (C=N–C) groups is 2. The summed E-state index contributed by atoms with van der Waals surface area (Å²) in [4.78, 5) is 22.1. The molecule has 1 saturated carbocycles. The number of phenolic OH excluding ortho intramolecular Hbond substituents is 1. The number of benzene rings is 2. The fraction of sp³-hybridized carbons (Fsp3) is 0.464. The van der Waals surface area contributed by atoms with Crippen molar-refractivity contribution in [3.05, 3.63) is 65.0 Å². The molecule has 7 nitrogen and oxygen atoms in total. The first-order valence-electron chi connectivity index (χ1n) is 13.3. The number of amides is 1. The highest BCUT2D eigenvalue weighted by Crippen LogP contribution is 2.36. The highest BCUT2D eigenvalue weighted by molar-refractivity contribution is 6.09. The minimum atomic E-state index is -4.50. The number of amidine groups is 1. The number of carbonyl (C=O) groups excluding carboxylic acids is 1. The Morgan fingerprint density at radius 2 is 1.85 bits per heavy atom. The number of rotatable bonds is 7. The molecule has 4 rings (SSSR count). The molecular formula is C28H33F4N5O2. The van der Waals surface area contributed by atoms with E-state index in [2.05, 4.69) is 33.1 Å². The summed E-state index contributed by atoms with van der Waals surface area (Å²) in [6.45, 7) is 2.08. The molecule has 0 radical (unpaired) electrons.